The summed E-state index contributed by atoms with van der Waals surface area (Å²) >= 11 is 1.63. The molecule has 0 saturated carbocycles. The van der Waals surface area contributed by atoms with Crippen LogP contribution >= 0.6 is 11.3 Å². The lowest BCUT2D eigenvalue weighted by Gasteiger charge is -2.12. The summed E-state index contributed by atoms with van der Waals surface area (Å²) < 4.78 is 4.89. The van der Waals surface area contributed by atoms with E-state index in [1.54, 1.807) is 18.4 Å². The molecule has 0 aliphatic rings. The summed E-state index contributed by atoms with van der Waals surface area (Å²) in [6, 6.07) is -0.0433. The summed E-state index contributed by atoms with van der Waals surface area (Å²) in [4.78, 5) is 16.1. The Balaban J connectivity index is 2.30. The highest BCUT2D eigenvalue weighted by molar-refractivity contribution is 7.09. The number of ether oxygens (including phenoxy) is 1. The smallest absolute Gasteiger partial charge is 0.234 e. The standard InChI is InChI=1S/C12H21N3O2S/c1-4-12-15-10(8-18-12)9(2)14-11(16)7-13-5-6-17-3/h8-9,13H,4-7H2,1-3H3,(H,14,16). The number of aromatic nitrogens is 1. The maximum Gasteiger partial charge on any atom is 0.234 e. The van der Waals surface area contributed by atoms with Crippen LogP contribution in [0.15, 0.2) is 5.38 Å². The second-order valence-corrected chi connectivity index (χ2v) is 4.92. The van der Waals surface area contributed by atoms with Crippen LogP contribution in [0.1, 0.15) is 30.6 Å². The third kappa shape index (κ3) is 5.12. The fraction of sp³-hybridized carbons (Fsp3) is 0.667. The topological polar surface area (TPSA) is 63.2 Å². The van der Waals surface area contributed by atoms with Gasteiger partial charge in [0.1, 0.15) is 0 Å². The molecule has 0 spiro atoms. The average Bonchev–Trinajstić information content (AvgIpc) is 2.83. The van der Waals surface area contributed by atoms with Crippen molar-refractivity contribution in [3.63, 3.8) is 0 Å². The van der Waals surface area contributed by atoms with Gasteiger partial charge in [0, 0.05) is 19.0 Å². The van der Waals surface area contributed by atoms with Gasteiger partial charge in [-0.05, 0) is 13.3 Å². The van der Waals surface area contributed by atoms with E-state index in [0.717, 1.165) is 17.1 Å². The van der Waals surface area contributed by atoms with Gasteiger partial charge < -0.3 is 15.4 Å². The molecule has 1 rings (SSSR count). The van der Waals surface area contributed by atoms with Gasteiger partial charge in [-0.1, -0.05) is 6.92 Å². The van der Waals surface area contributed by atoms with Crippen molar-refractivity contribution in [2.24, 2.45) is 0 Å². The first-order valence-corrected chi connectivity index (χ1v) is 6.98. The lowest BCUT2D eigenvalue weighted by atomic mass is 10.2. The molecule has 5 nitrogen and oxygen atoms in total. The molecule has 1 aromatic heterocycles. The number of amides is 1. The van der Waals surface area contributed by atoms with Crippen molar-refractivity contribution in [2.45, 2.75) is 26.3 Å². The van der Waals surface area contributed by atoms with Crippen molar-refractivity contribution in [1.29, 1.82) is 0 Å². The number of aryl methyl sites for hydroxylation is 1. The number of carbonyl (C=O) groups is 1. The summed E-state index contributed by atoms with van der Waals surface area (Å²) in [5.74, 6) is -0.0235. The monoisotopic (exact) mass is 271 g/mol. The van der Waals surface area contributed by atoms with Crippen molar-refractivity contribution in [3.8, 4) is 0 Å². The summed E-state index contributed by atoms with van der Waals surface area (Å²) in [5, 5.41) is 9.02. The average molecular weight is 271 g/mol. The van der Waals surface area contributed by atoms with Crippen molar-refractivity contribution in [2.75, 3.05) is 26.8 Å². The molecular weight excluding hydrogens is 250 g/mol. The largest absolute Gasteiger partial charge is 0.383 e. The predicted molar refractivity (Wildman–Crippen MR) is 72.8 cm³/mol. The SMILES string of the molecule is CCc1nc(C(C)NC(=O)CNCCOC)cs1. The lowest BCUT2D eigenvalue weighted by Crippen LogP contribution is -2.36. The minimum Gasteiger partial charge on any atom is -0.383 e. The van der Waals surface area contributed by atoms with Gasteiger partial charge in [-0.3, -0.25) is 4.79 Å². The number of hydrogen-bond donors (Lipinski definition) is 2. The molecule has 0 fully saturated rings. The third-order valence-electron chi connectivity index (χ3n) is 2.46. The van der Waals surface area contributed by atoms with E-state index in [-0.39, 0.29) is 11.9 Å². The Labute approximate surface area is 112 Å². The molecule has 0 aliphatic heterocycles. The van der Waals surface area contributed by atoms with Gasteiger partial charge in [0.05, 0.1) is 29.9 Å². The van der Waals surface area contributed by atoms with Crippen molar-refractivity contribution >= 4 is 17.2 Å². The fourth-order valence-corrected chi connectivity index (χ4v) is 2.27. The van der Waals surface area contributed by atoms with Crippen LogP contribution in [0.25, 0.3) is 0 Å². The zero-order valence-corrected chi connectivity index (χ0v) is 12.0. The maximum absolute atomic E-state index is 11.6. The van der Waals surface area contributed by atoms with Crippen molar-refractivity contribution in [1.82, 2.24) is 15.6 Å². The van der Waals surface area contributed by atoms with Crippen LogP contribution in [0.4, 0.5) is 0 Å². The minimum atomic E-state index is -0.0433. The molecule has 102 valence electrons. The second-order valence-electron chi connectivity index (χ2n) is 3.98. The van der Waals surface area contributed by atoms with Crippen LogP contribution in [-0.4, -0.2) is 37.7 Å². The molecule has 1 aromatic rings. The van der Waals surface area contributed by atoms with Gasteiger partial charge in [-0.25, -0.2) is 4.98 Å². The molecule has 0 saturated heterocycles. The number of hydrogen-bond acceptors (Lipinski definition) is 5. The molecule has 0 bridgehead atoms. The Morgan fingerprint density at radius 2 is 2.39 bits per heavy atom. The zero-order chi connectivity index (χ0) is 13.4. The van der Waals surface area contributed by atoms with Crippen LogP contribution in [0.2, 0.25) is 0 Å². The Kier molecular flexibility index (Phi) is 6.85. The highest BCUT2D eigenvalue weighted by Crippen LogP contribution is 2.16. The predicted octanol–water partition coefficient (Wildman–Crippen LogP) is 1.12. The van der Waals surface area contributed by atoms with Crippen LogP contribution < -0.4 is 10.6 Å². The number of nitrogens with one attached hydrogen (secondary N) is 2. The first-order valence-electron chi connectivity index (χ1n) is 6.10. The van der Waals surface area contributed by atoms with Gasteiger partial charge >= 0.3 is 0 Å². The molecule has 1 heterocycles. The highest BCUT2D eigenvalue weighted by atomic mass is 32.1. The number of methoxy groups -OCH3 is 1. The Bertz CT molecular complexity index is 368. The molecule has 18 heavy (non-hydrogen) atoms. The summed E-state index contributed by atoms with van der Waals surface area (Å²) in [5.41, 5.74) is 0.932. The Morgan fingerprint density at radius 1 is 1.61 bits per heavy atom. The molecule has 0 radical (unpaired) electrons. The molecule has 2 N–H and O–H groups in total. The molecule has 1 unspecified atom stereocenters. The number of rotatable bonds is 8. The van der Waals surface area contributed by atoms with E-state index in [2.05, 4.69) is 22.5 Å². The number of thiazole rings is 1. The van der Waals surface area contributed by atoms with E-state index in [9.17, 15) is 4.79 Å². The van der Waals surface area contributed by atoms with Gasteiger partial charge in [0.2, 0.25) is 5.91 Å². The zero-order valence-electron chi connectivity index (χ0n) is 11.2. The van der Waals surface area contributed by atoms with E-state index >= 15 is 0 Å². The maximum atomic E-state index is 11.6. The van der Waals surface area contributed by atoms with Crippen molar-refractivity contribution in [3.05, 3.63) is 16.1 Å². The summed E-state index contributed by atoms with van der Waals surface area (Å²) in [6.07, 6.45) is 0.934. The Hall–Kier alpha value is -0.980. The quantitative estimate of drug-likeness (QED) is 0.696. The number of nitrogens with zero attached hydrogens (tertiary/aromatic N) is 1. The van der Waals surface area contributed by atoms with E-state index < -0.39 is 0 Å². The number of carbonyl (C=O) groups excluding carboxylic acids is 1. The molecule has 0 aromatic carbocycles. The van der Waals surface area contributed by atoms with E-state index in [0.29, 0.717) is 19.7 Å². The fourth-order valence-electron chi connectivity index (χ4n) is 1.43. The molecule has 0 aliphatic carbocycles. The first-order chi connectivity index (χ1) is 8.67. The molecule has 1 amide bonds. The first kappa shape index (κ1) is 15.1. The lowest BCUT2D eigenvalue weighted by molar-refractivity contribution is -0.120. The molecule has 1 atom stereocenters. The van der Waals surface area contributed by atoms with Gasteiger partial charge in [-0.15, -0.1) is 11.3 Å². The van der Waals surface area contributed by atoms with Gasteiger partial charge in [0.15, 0.2) is 0 Å². The normalized spacial score (nSPS) is 12.4. The van der Waals surface area contributed by atoms with Crippen LogP contribution in [0, 0.1) is 0 Å². The van der Waals surface area contributed by atoms with Gasteiger partial charge in [0.25, 0.3) is 0 Å². The Morgan fingerprint density at radius 3 is 3.00 bits per heavy atom. The molecular formula is C12H21N3O2S. The highest BCUT2D eigenvalue weighted by Gasteiger charge is 2.12. The summed E-state index contributed by atoms with van der Waals surface area (Å²) in [7, 11) is 1.64. The van der Waals surface area contributed by atoms with Crippen LogP contribution in [0.5, 0.6) is 0 Å². The minimum absolute atomic E-state index is 0.0235. The second kappa shape index (κ2) is 8.18. The molecule has 6 heteroatoms. The van der Waals surface area contributed by atoms with Crippen LogP contribution in [-0.2, 0) is 16.0 Å². The third-order valence-corrected chi connectivity index (χ3v) is 3.47. The van der Waals surface area contributed by atoms with Crippen LogP contribution in [0.3, 0.4) is 0 Å². The van der Waals surface area contributed by atoms with E-state index in [1.807, 2.05) is 12.3 Å². The van der Waals surface area contributed by atoms with Gasteiger partial charge in [-0.2, -0.15) is 0 Å². The van der Waals surface area contributed by atoms with E-state index in [1.165, 1.54) is 0 Å². The van der Waals surface area contributed by atoms with Crippen molar-refractivity contribution < 1.29 is 9.53 Å². The summed E-state index contributed by atoms with van der Waals surface area (Å²) in [6.45, 7) is 5.61. The van der Waals surface area contributed by atoms with E-state index in [4.69, 9.17) is 4.74 Å².